The minimum Gasteiger partial charge on any atom is -0.480 e. The van der Waals surface area contributed by atoms with Crippen LogP contribution in [0, 0.1) is 5.92 Å². The number of unbranched alkanes of at least 4 members (excludes halogenated alkanes) is 4. The van der Waals surface area contributed by atoms with Gasteiger partial charge in [0.1, 0.15) is 0 Å². The minimum absolute atomic E-state index is 0.0347. The summed E-state index contributed by atoms with van der Waals surface area (Å²) in [5.74, 6) is -5.76. The van der Waals surface area contributed by atoms with Crippen LogP contribution < -0.4 is 0 Å². The highest BCUT2D eigenvalue weighted by molar-refractivity contribution is 6.13. The first-order chi connectivity index (χ1) is 7.50. The molecule has 0 fully saturated rings. The molecule has 0 aromatic carbocycles. The van der Waals surface area contributed by atoms with Gasteiger partial charge in [0.25, 0.3) is 0 Å². The highest BCUT2D eigenvalue weighted by Gasteiger charge is 2.32. The number of carboxylic acids is 2. The summed E-state index contributed by atoms with van der Waals surface area (Å²) >= 11 is 0. The fourth-order valence-corrected chi connectivity index (χ4v) is 1.43. The largest absolute Gasteiger partial charge is 0.480 e. The molecule has 5 nitrogen and oxygen atoms in total. The molecular weight excluding hydrogens is 212 g/mol. The van der Waals surface area contributed by atoms with Crippen molar-refractivity contribution in [3.63, 3.8) is 0 Å². The van der Waals surface area contributed by atoms with Crippen LogP contribution in [0.3, 0.4) is 0 Å². The van der Waals surface area contributed by atoms with Crippen molar-refractivity contribution in [2.45, 2.75) is 45.4 Å². The monoisotopic (exact) mass is 230 g/mol. The van der Waals surface area contributed by atoms with Crippen molar-refractivity contribution < 1.29 is 24.6 Å². The number of aliphatic carboxylic acids is 2. The summed E-state index contributed by atoms with van der Waals surface area (Å²) < 4.78 is 0. The highest BCUT2D eigenvalue weighted by atomic mass is 16.4. The number of hydrogen-bond donors (Lipinski definition) is 2. The first-order valence-corrected chi connectivity index (χ1v) is 5.49. The van der Waals surface area contributed by atoms with Crippen LogP contribution in [0.1, 0.15) is 45.4 Å². The van der Waals surface area contributed by atoms with E-state index in [1.165, 1.54) is 0 Å². The van der Waals surface area contributed by atoms with E-state index in [4.69, 9.17) is 10.2 Å². The Balaban J connectivity index is 3.94. The Morgan fingerprint density at radius 1 is 0.938 bits per heavy atom. The molecule has 0 radical (unpaired) electrons. The second-order valence-electron chi connectivity index (χ2n) is 3.74. The van der Waals surface area contributed by atoms with Gasteiger partial charge in [-0.3, -0.25) is 14.4 Å². The van der Waals surface area contributed by atoms with E-state index >= 15 is 0 Å². The molecule has 0 aliphatic heterocycles. The van der Waals surface area contributed by atoms with Crippen molar-refractivity contribution in [1.29, 1.82) is 0 Å². The van der Waals surface area contributed by atoms with Gasteiger partial charge in [-0.1, -0.05) is 32.6 Å². The van der Waals surface area contributed by atoms with Gasteiger partial charge in [0.15, 0.2) is 5.78 Å². The number of carbonyl (C=O) groups excluding carboxylic acids is 1. The van der Waals surface area contributed by atoms with Gasteiger partial charge in [0, 0.05) is 6.42 Å². The summed E-state index contributed by atoms with van der Waals surface area (Å²) in [6, 6.07) is 0. The van der Waals surface area contributed by atoms with Gasteiger partial charge in [-0.2, -0.15) is 0 Å². The minimum atomic E-state index is -1.90. The van der Waals surface area contributed by atoms with Gasteiger partial charge < -0.3 is 10.2 Å². The average Bonchev–Trinajstić information content (AvgIpc) is 2.16. The quantitative estimate of drug-likeness (QED) is 0.464. The molecule has 0 unspecified atom stereocenters. The maximum atomic E-state index is 11.3. The van der Waals surface area contributed by atoms with Crippen LogP contribution >= 0.6 is 0 Å². The van der Waals surface area contributed by atoms with Gasteiger partial charge in [0.05, 0.1) is 0 Å². The second-order valence-corrected chi connectivity index (χ2v) is 3.74. The molecule has 0 saturated heterocycles. The van der Waals surface area contributed by atoms with E-state index in [1.807, 2.05) is 0 Å². The second kappa shape index (κ2) is 7.84. The Morgan fingerprint density at radius 2 is 1.44 bits per heavy atom. The molecule has 0 rings (SSSR count). The first kappa shape index (κ1) is 14.6. The lowest BCUT2D eigenvalue weighted by Gasteiger charge is -2.05. The Morgan fingerprint density at radius 3 is 1.88 bits per heavy atom. The maximum absolute atomic E-state index is 11.3. The smallest absolute Gasteiger partial charge is 0.325 e. The summed E-state index contributed by atoms with van der Waals surface area (Å²) in [7, 11) is 0. The van der Waals surface area contributed by atoms with Gasteiger partial charge in [-0.05, 0) is 6.42 Å². The van der Waals surface area contributed by atoms with Gasteiger partial charge >= 0.3 is 11.9 Å². The molecule has 0 heterocycles. The van der Waals surface area contributed by atoms with Crippen LogP contribution in [0.4, 0.5) is 0 Å². The van der Waals surface area contributed by atoms with Crippen molar-refractivity contribution in [2.24, 2.45) is 5.92 Å². The van der Waals surface area contributed by atoms with E-state index in [0.717, 1.165) is 25.7 Å². The summed E-state index contributed by atoms with van der Waals surface area (Å²) in [5.41, 5.74) is 0. The highest BCUT2D eigenvalue weighted by Crippen LogP contribution is 2.10. The summed E-state index contributed by atoms with van der Waals surface area (Å²) in [6.07, 6.45) is 4.60. The van der Waals surface area contributed by atoms with Crippen molar-refractivity contribution >= 4 is 17.7 Å². The lowest BCUT2D eigenvalue weighted by atomic mass is 9.99. The molecule has 0 aromatic rings. The molecule has 0 bridgehead atoms. The fraction of sp³-hybridized carbons (Fsp3) is 0.727. The summed E-state index contributed by atoms with van der Waals surface area (Å²) in [6.45, 7) is 2.07. The topological polar surface area (TPSA) is 91.7 Å². The average molecular weight is 230 g/mol. The van der Waals surface area contributed by atoms with Crippen LogP contribution in [0.5, 0.6) is 0 Å². The molecule has 0 amide bonds. The Kier molecular flexibility index (Phi) is 7.16. The third kappa shape index (κ3) is 5.48. The summed E-state index contributed by atoms with van der Waals surface area (Å²) in [5, 5.41) is 17.1. The van der Waals surface area contributed by atoms with E-state index in [2.05, 4.69) is 6.92 Å². The van der Waals surface area contributed by atoms with Crippen LogP contribution in [-0.4, -0.2) is 27.9 Å². The number of hydrogen-bond acceptors (Lipinski definition) is 3. The first-order valence-electron chi connectivity index (χ1n) is 5.49. The molecule has 0 saturated carbocycles. The molecule has 0 spiro atoms. The number of carboxylic acid groups (broad SMARTS) is 2. The van der Waals surface area contributed by atoms with Crippen molar-refractivity contribution in [1.82, 2.24) is 0 Å². The maximum Gasteiger partial charge on any atom is 0.325 e. The number of ketones is 1. The van der Waals surface area contributed by atoms with E-state index in [1.54, 1.807) is 0 Å². The standard InChI is InChI=1S/C11H18O5/c1-2-3-4-5-6-7-8(12)9(10(13)14)11(15)16/h9H,2-7H2,1H3,(H,13,14)(H,15,16). The van der Waals surface area contributed by atoms with Crippen LogP contribution in [0.25, 0.3) is 0 Å². The zero-order valence-electron chi connectivity index (χ0n) is 9.44. The van der Waals surface area contributed by atoms with Crippen molar-refractivity contribution in [3.05, 3.63) is 0 Å². The molecule has 0 aliphatic carbocycles. The molecule has 0 atom stereocenters. The number of rotatable bonds is 9. The van der Waals surface area contributed by atoms with Crippen LogP contribution in [-0.2, 0) is 14.4 Å². The number of carbonyl (C=O) groups is 3. The Hall–Kier alpha value is -1.39. The third-order valence-electron chi connectivity index (χ3n) is 2.34. The van der Waals surface area contributed by atoms with Crippen LogP contribution in [0.2, 0.25) is 0 Å². The molecule has 0 aromatic heterocycles. The van der Waals surface area contributed by atoms with Crippen molar-refractivity contribution in [3.8, 4) is 0 Å². The number of Topliss-reactive ketones (excluding diaryl/α,β-unsaturated/α-hetero) is 1. The van der Waals surface area contributed by atoms with E-state index < -0.39 is 23.6 Å². The molecule has 92 valence electrons. The van der Waals surface area contributed by atoms with E-state index in [0.29, 0.717) is 6.42 Å². The predicted molar refractivity (Wildman–Crippen MR) is 57.1 cm³/mol. The molecule has 16 heavy (non-hydrogen) atoms. The Labute approximate surface area is 94.5 Å². The zero-order valence-corrected chi connectivity index (χ0v) is 9.44. The molecule has 5 heteroatoms. The lowest BCUT2D eigenvalue weighted by Crippen LogP contribution is -2.31. The van der Waals surface area contributed by atoms with Gasteiger partial charge in [-0.25, -0.2) is 0 Å². The molecule has 0 aliphatic rings. The predicted octanol–water partition coefficient (Wildman–Crippen LogP) is 1.70. The van der Waals surface area contributed by atoms with E-state index in [9.17, 15) is 14.4 Å². The fourth-order valence-electron chi connectivity index (χ4n) is 1.43. The van der Waals surface area contributed by atoms with Gasteiger partial charge in [0.2, 0.25) is 5.92 Å². The summed E-state index contributed by atoms with van der Waals surface area (Å²) in [4.78, 5) is 32.3. The normalized spacial score (nSPS) is 10.4. The molecular formula is C11H18O5. The SMILES string of the molecule is CCCCCCCC(=O)C(C(=O)O)C(=O)O. The van der Waals surface area contributed by atoms with Gasteiger partial charge in [-0.15, -0.1) is 0 Å². The Bertz CT molecular complexity index is 245. The molecule has 2 N–H and O–H groups in total. The lowest BCUT2D eigenvalue weighted by molar-refractivity contribution is -0.157. The van der Waals surface area contributed by atoms with E-state index in [-0.39, 0.29) is 6.42 Å². The third-order valence-corrected chi connectivity index (χ3v) is 2.34. The zero-order chi connectivity index (χ0) is 12.6. The van der Waals surface area contributed by atoms with Crippen molar-refractivity contribution in [2.75, 3.05) is 0 Å². The van der Waals surface area contributed by atoms with Crippen LogP contribution in [0.15, 0.2) is 0 Å².